The third-order valence-electron chi connectivity index (χ3n) is 4.73. The summed E-state index contributed by atoms with van der Waals surface area (Å²) >= 11 is -13.3. The summed E-state index contributed by atoms with van der Waals surface area (Å²) < 4.78 is 326. The second kappa shape index (κ2) is 9.60. The van der Waals surface area contributed by atoms with Gasteiger partial charge in [0.05, 0.1) is 0 Å². The van der Waals surface area contributed by atoms with E-state index in [9.17, 15) is 119 Å². The van der Waals surface area contributed by atoms with Crippen molar-refractivity contribution < 1.29 is 119 Å². The van der Waals surface area contributed by atoms with Crippen molar-refractivity contribution in [2.24, 2.45) is 0 Å². The number of alkyl halides is 27. The molecule has 0 nitrogen and oxygen atoms in total. The average molecular weight is 811 g/mol. The maximum atomic E-state index is 14.3. The molecule has 0 aliphatic carbocycles. The van der Waals surface area contributed by atoms with Gasteiger partial charge in [-0.25, -0.2) is 0 Å². The van der Waals surface area contributed by atoms with Crippen molar-refractivity contribution in [1.29, 1.82) is 0 Å². The van der Waals surface area contributed by atoms with E-state index >= 15 is 0 Å². The van der Waals surface area contributed by atoms with Crippen LogP contribution in [0.25, 0.3) is 0 Å². The van der Waals surface area contributed by atoms with Crippen LogP contribution in [0.2, 0.25) is 0 Å². The fourth-order valence-electron chi connectivity index (χ4n) is 2.37. The molecule has 0 radical (unpaired) electrons. The third kappa shape index (κ3) is 4.72. The monoisotopic (exact) mass is 812 g/mol. The Morgan fingerprint density at radius 1 is 0.244 bits per heavy atom. The van der Waals surface area contributed by atoms with Crippen LogP contribution in [0.5, 0.6) is 0 Å². The summed E-state index contributed by atoms with van der Waals surface area (Å²) in [5.41, 5.74) is 0. The zero-order valence-electron chi connectivity index (χ0n) is 17.1. The van der Waals surface area contributed by atoms with Crippen LogP contribution in [0.15, 0.2) is 0 Å². The molecule has 0 aromatic heterocycles. The molecule has 29 heteroatoms. The van der Waals surface area contributed by atoms with Crippen LogP contribution < -0.4 is 0 Å². The molecule has 0 aliphatic heterocycles. The summed E-state index contributed by atoms with van der Waals surface area (Å²) in [6.45, 7) is 0. The predicted molar refractivity (Wildman–Crippen MR) is 74.3 cm³/mol. The van der Waals surface area contributed by atoms with Gasteiger partial charge in [-0.3, -0.25) is 0 Å². The summed E-state index contributed by atoms with van der Waals surface area (Å²) in [7, 11) is 3.35. The second-order valence-corrected chi connectivity index (χ2v) is 20.3. The Morgan fingerprint density at radius 3 is 0.463 bits per heavy atom. The first-order valence-corrected chi connectivity index (χ1v) is 16.2. The average Bonchev–Trinajstić information content (AvgIpc) is 2.69. The Bertz CT molecular complexity index is 841. The first-order valence-electron chi connectivity index (χ1n) is 8.29. The van der Waals surface area contributed by atoms with Gasteiger partial charge < -0.3 is 0 Å². The van der Waals surface area contributed by atoms with Crippen molar-refractivity contribution in [1.82, 2.24) is 0 Å². The topological polar surface area (TPSA) is 0 Å². The summed E-state index contributed by atoms with van der Waals surface area (Å²) in [4.78, 5) is 0. The third-order valence-corrected chi connectivity index (χ3v) is 19.6. The zero-order chi connectivity index (χ0) is 34.5. The van der Waals surface area contributed by atoms with Crippen molar-refractivity contribution in [2.45, 2.75) is 65.9 Å². The van der Waals surface area contributed by atoms with Crippen LogP contribution >= 0.6 is 8.92 Å². The number of hydrogen-bond acceptors (Lipinski definition) is 0. The normalized spacial score (nSPS) is 17.3. The molecule has 0 aromatic rings. The molecule has 0 spiro atoms. The van der Waals surface area contributed by atoms with Crippen molar-refractivity contribution in [3.8, 4) is 0 Å². The van der Waals surface area contributed by atoms with Crippen LogP contribution in [0.3, 0.4) is 0 Å². The molecule has 0 saturated carbocycles. The molecule has 0 rings (SSSR count). The standard InChI is InChI=1S/3C4F9.ClH.Sn/c3*5-1(6)2(7,8)3(9,10)4(11,12)13;;/h;;;1H;/q;;;;+1/p-1. The van der Waals surface area contributed by atoms with E-state index in [1.54, 1.807) is 0 Å². The van der Waals surface area contributed by atoms with E-state index in [4.69, 9.17) is 0 Å². The first kappa shape index (κ1) is 40.2. The van der Waals surface area contributed by atoms with Gasteiger partial charge in [-0.2, -0.15) is 0 Å². The molecule has 0 N–H and O–H groups in total. The SMILES string of the molecule is FC(F)(F)C(F)(F)C(F)(F)[C](F)(F)[Sn]([Cl])([C](F)(F)C(F)(F)C(F)(F)C(F)(F)F)[C](F)(F)C(F)(F)C(F)(F)C(F)(F)F. The molecular formula is C12ClF27Sn. The van der Waals surface area contributed by atoms with Crippen LogP contribution in [0.4, 0.5) is 119 Å². The van der Waals surface area contributed by atoms with Crippen LogP contribution in [0.1, 0.15) is 0 Å². The second-order valence-electron chi connectivity index (χ2n) is 7.32. The van der Waals surface area contributed by atoms with Crippen molar-refractivity contribution in [3.63, 3.8) is 0 Å². The predicted octanol–water partition coefficient (Wildman–Crippen LogP) is 9.19. The molecule has 41 heavy (non-hydrogen) atoms. The van der Waals surface area contributed by atoms with E-state index in [2.05, 4.69) is 8.92 Å². The van der Waals surface area contributed by atoms with Crippen LogP contribution in [-0.2, 0) is 0 Å². The Labute approximate surface area is 211 Å². The zero-order valence-corrected chi connectivity index (χ0v) is 20.7. The summed E-state index contributed by atoms with van der Waals surface area (Å²) in [6.07, 6.45) is -25.4. The number of hydrogen-bond donors (Lipinski definition) is 0. The Morgan fingerprint density at radius 2 is 0.366 bits per heavy atom. The first-order chi connectivity index (χ1) is 17.0. The molecule has 0 fully saturated rings. The Kier molecular flexibility index (Phi) is 9.41. The molecule has 0 aromatic carbocycles. The van der Waals surface area contributed by atoms with Crippen molar-refractivity contribution >= 4 is 26.2 Å². The molecule has 0 atom stereocenters. The fraction of sp³-hybridized carbons (Fsp3) is 1.00. The molecule has 0 unspecified atom stereocenters. The molecular weight excluding hydrogens is 811 g/mol. The van der Waals surface area contributed by atoms with Crippen molar-refractivity contribution in [2.75, 3.05) is 0 Å². The van der Waals surface area contributed by atoms with E-state index < -0.39 is 83.1 Å². The maximum absolute atomic E-state index is 14.3. The van der Waals surface area contributed by atoms with Gasteiger partial charge in [-0.05, 0) is 0 Å². The van der Waals surface area contributed by atoms with Crippen LogP contribution in [0, 0.1) is 0 Å². The van der Waals surface area contributed by atoms with Gasteiger partial charge in [-0.15, -0.1) is 0 Å². The van der Waals surface area contributed by atoms with Crippen LogP contribution in [-0.4, -0.2) is 83.1 Å². The summed E-state index contributed by atoms with van der Waals surface area (Å²) in [6, 6.07) is 0. The molecule has 0 bridgehead atoms. The van der Waals surface area contributed by atoms with Gasteiger partial charge in [0.25, 0.3) is 0 Å². The van der Waals surface area contributed by atoms with Gasteiger partial charge in [0.1, 0.15) is 0 Å². The molecule has 248 valence electrons. The minimum absolute atomic E-state index is 3.35. The van der Waals surface area contributed by atoms with Gasteiger partial charge in [-0.1, -0.05) is 0 Å². The molecule has 0 saturated heterocycles. The van der Waals surface area contributed by atoms with E-state index in [0.717, 1.165) is 0 Å². The van der Waals surface area contributed by atoms with E-state index in [0.29, 0.717) is 0 Å². The van der Waals surface area contributed by atoms with E-state index in [-0.39, 0.29) is 0 Å². The number of rotatable bonds is 9. The summed E-state index contributed by atoms with van der Waals surface area (Å²) in [5.74, 6) is -55.5. The number of halogens is 28. The quantitative estimate of drug-likeness (QED) is 0.161. The van der Waals surface area contributed by atoms with Gasteiger partial charge in [0.2, 0.25) is 0 Å². The molecule has 0 amide bonds. The summed E-state index contributed by atoms with van der Waals surface area (Å²) in [5, 5.41) is 0. The van der Waals surface area contributed by atoms with Gasteiger partial charge >= 0.3 is 211 Å². The van der Waals surface area contributed by atoms with E-state index in [1.807, 2.05) is 0 Å². The Hall–Kier alpha value is -0.801. The van der Waals surface area contributed by atoms with E-state index in [1.165, 1.54) is 0 Å². The Balaban J connectivity index is 8.54. The van der Waals surface area contributed by atoms with Gasteiger partial charge in [0.15, 0.2) is 0 Å². The van der Waals surface area contributed by atoms with Gasteiger partial charge in [0, 0.05) is 0 Å². The van der Waals surface area contributed by atoms with Crippen molar-refractivity contribution in [3.05, 3.63) is 0 Å². The fourth-order valence-corrected chi connectivity index (χ4v) is 13.2. The molecule has 0 aliphatic rings. The minimum atomic E-state index is -13.3. The molecule has 0 heterocycles.